The second-order valence-electron chi connectivity index (χ2n) is 6.44. The zero-order valence-corrected chi connectivity index (χ0v) is 13.4. The Labute approximate surface area is 128 Å². The molecule has 0 radical (unpaired) electrons. The van der Waals surface area contributed by atoms with E-state index in [1.165, 1.54) is 49.3 Å². The van der Waals surface area contributed by atoms with Gasteiger partial charge >= 0.3 is 0 Å². The number of piperazine rings is 1. The SMILES string of the molecule is CCCNCc1cnc(N2CCN3CCCC3C2)c(C)c1. The Bertz CT molecular complexity index is 474. The van der Waals surface area contributed by atoms with E-state index in [1.54, 1.807) is 0 Å². The maximum Gasteiger partial charge on any atom is 0.131 e. The lowest BCUT2D eigenvalue weighted by Gasteiger charge is -2.38. The molecule has 0 bridgehead atoms. The van der Waals surface area contributed by atoms with Gasteiger partial charge in [-0.15, -0.1) is 0 Å². The molecular weight excluding hydrogens is 260 g/mol. The highest BCUT2D eigenvalue weighted by molar-refractivity contribution is 5.48. The lowest BCUT2D eigenvalue weighted by Crippen LogP contribution is -2.50. The van der Waals surface area contributed by atoms with Gasteiger partial charge in [0.05, 0.1) is 0 Å². The molecule has 3 heterocycles. The normalized spacial score (nSPS) is 22.6. The van der Waals surface area contributed by atoms with Crippen LogP contribution in [0.15, 0.2) is 12.3 Å². The van der Waals surface area contributed by atoms with Gasteiger partial charge in [-0.1, -0.05) is 6.92 Å². The summed E-state index contributed by atoms with van der Waals surface area (Å²) >= 11 is 0. The van der Waals surface area contributed by atoms with E-state index in [-0.39, 0.29) is 0 Å². The van der Waals surface area contributed by atoms with Gasteiger partial charge in [0, 0.05) is 38.4 Å². The first-order valence-corrected chi connectivity index (χ1v) is 8.43. The van der Waals surface area contributed by atoms with E-state index >= 15 is 0 Å². The van der Waals surface area contributed by atoms with Crippen molar-refractivity contribution in [2.24, 2.45) is 0 Å². The van der Waals surface area contributed by atoms with Gasteiger partial charge in [0.1, 0.15) is 5.82 Å². The summed E-state index contributed by atoms with van der Waals surface area (Å²) in [4.78, 5) is 9.90. The van der Waals surface area contributed by atoms with Crippen LogP contribution < -0.4 is 10.2 Å². The number of aromatic nitrogens is 1. The van der Waals surface area contributed by atoms with Crippen molar-refractivity contribution in [3.8, 4) is 0 Å². The van der Waals surface area contributed by atoms with E-state index in [4.69, 9.17) is 4.98 Å². The molecule has 21 heavy (non-hydrogen) atoms. The van der Waals surface area contributed by atoms with Crippen LogP contribution in [0.3, 0.4) is 0 Å². The van der Waals surface area contributed by atoms with Crippen molar-refractivity contribution in [3.05, 3.63) is 23.4 Å². The standard InChI is InChI=1S/C17H28N4/c1-3-6-18-11-15-10-14(2)17(19-12-15)21-9-8-20-7-4-5-16(20)13-21/h10,12,16,18H,3-9,11,13H2,1-2H3. The summed E-state index contributed by atoms with van der Waals surface area (Å²) in [6.07, 6.45) is 5.95. The molecule has 1 atom stereocenters. The van der Waals surface area contributed by atoms with Crippen LogP contribution in [-0.2, 0) is 6.54 Å². The number of nitrogens with zero attached hydrogens (tertiary/aromatic N) is 3. The van der Waals surface area contributed by atoms with Crippen molar-refractivity contribution in [2.75, 3.05) is 37.6 Å². The van der Waals surface area contributed by atoms with Crippen molar-refractivity contribution in [3.63, 3.8) is 0 Å². The Morgan fingerprint density at radius 2 is 2.24 bits per heavy atom. The van der Waals surface area contributed by atoms with Gasteiger partial charge in [-0.3, -0.25) is 4.90 Å². The molecule has 0 saturated carbocycles. The molecule has 3 rings (SSSR count). The summed E-state index contributed by atoms with van der Waals surface area (Å²) in [7, 11) is 0. The minimum atomic E-state index is 0.755. The monoisotopic (exact) mass is 288 g/mol. The molecule has 2 fully saturated rings. The van der Waals surface area contributed by atoms with Crippen molar-refractivity contribution in [1.29, 1.82) is 0 Å². The third-order valence-corrected chi connectivity index (χ3v) is 4.75. The number of nitrogens with one attached hydrogen (secondary N) is 1. The van der Waals surface area contributed by atoms with Crippen LogP contribution >= 0.6 is 0 Å². The van der Waals surface area contributed by atoms with Crippen LogP contribution in [0, 0.1) is 6.92 Å². The fourth-order valence-electron chi connectivity index (χ4n) is 3.65. The van der Waals surface area contributed by atoms with Crippen LogP contribution in [-0.4, -0.2) is 48.6 Å². The van der Waals surface area contributed by atoms with Crippen LogP contribution in [0.25, 0.3) is 0 Å². The second-order valence-corrected chi connectivity index (χ2v) is 6.44. The first-order valence-electron chi connectivity index (χ1n) is 8.43. The average Bonchev–Trinajstić information content (AvgIpc) is 2.95. The smallest absolute Gasteiger partial charge is 0.131 e. The summed E-state index contributed by atoms with van der Waals surface area (Å²) in [5, 5.41) is 3.45. The molecule has 4 nitrogen and oxygen atoms in total. The number of pyridine rings is 1. The molecule has 0 amide bonds. The summed E-state index contributed by atoms with van der Waals surface area (Å²) in [5.74, 6) is 1.20. The molecule has 1 aromatic rings. The van der Waals surface area contributed by atoms with Crippen molar-refractivity contribution in [1.82, 2.24) is 15.2 Å². The fraction of sp³-hybridized carbons (Fsp3) is 0.706. The fourth-order valence-corrected chi connectivity index (χ4v) is 3.65. The van der Waals surface area contributed by atoms with E-state index < -0.39 is 0 Å². The molecule has 2 saturated heterocycles. The summed E-state index contributed by atoms with van der Waals surface area (Å²) in [6.45, 7) is 11.2. The van der Waals surface area contributed by atoms with Gasteiger partial charge in [-0.2, -0.15) is 0 Å². The largest absolute Gasteiger partial charge is 0.354 e. The van der Waals surface area contributed by atoms with Crippen molar-refractivity contribution < 1.29 is 0 Å². The van der Waals surface area contributed by atoms with Gasteiger partial charge in [-0.05, 0) is 56.5 Å². The molecule has 0 spiro atoms. The van der Waals surface area contributed by atoms with E-state index in [2.05, 4.69) is 35.0 Å². The molecule has 1 unspecified atom stereocenters. The molecule has 2 aliphatic heterocycles. The number of hydrogen-bond acceptors (Lipinski definition) is 4. The Kier molecular flexibility index (Phi) is 4.76. The highest BCUT2D eigenvalue weighted by atomic mass is 15.3. The van der Waals surface area contributed by atoms with Gasteiger partial charge in [0.25, 0.3) is 0 Å². The van der Waals surface area contributed by atoms with Gasteiger partial charge in [-0.25, -0.2) is 4.98 Å². The summed E-state index contributed by atoms with van der Waals surface area (Å²) < 4.78 is 0. The van der Waals surface area contributed by atoms with Crippen LogP contribution in [0.4, 0.5) is 5.82 Å². The number of aryl methyl sites for hydroxylation is 1. The van der Waals surface area contributed by atoms with E-state index in [9.17, 15) is 0 Å². The molecular formula is C17H28N4. The van der Waals surface area contributed by atoms with Crippen LogP contribution in [0.1, 0.15) is 37.3 Å². The minimum Gasteiger partial charge on any atom is -0.354 e. The second kappa shape index (κ2) is 6.75. The number of fused-ring (bicyclic) bond motifs is 1. The lowest BCUT2D eigenvalue weighted by molar-refractivity contribution is 0.230. The minimum absolute atomic E-state index is 0.755. The molecule has 0 aromatic carbocycles. The highest BCUT2D eigenvalue weighted by Crippen LogP contribution is 2.26. The maximum absolute atomic E-state index is 4.76. The van der Waals surface area contributed by atoms with Crippen molar-refractivity contribution >= 4 is 5.82 Å². The van der Waals surface area contributed by atoms with E-state index in [0.29, 0.717) is 0 Å². The van der Waals surface area contributed by atoms with Gasteiger partial charge < -0.3 is 10.2 Å². The summed E-state index contributed by atoms with van der Waals surface area (Å²) in [5.41, 5.74) is 2.61. The van der Waals surface area contributed by atoms with Gasteiger partial charge in [0.15, 0.2) is 0 Å². The van der Waals surface area contributed by atoms with E-state index in [1.807, 2.05) is 6.20 Å². The molecule has 4 heteroatoms. The van der Waals surface area contributed by atoms with Gasteiger partial charge in [0.2, 0.25) is 0 Å². The summed E-state index contributed by atoms with van der Waals surface area (Å²) in [6, 6.07) is 3.05. The Morgan fingerprint density at radius 3 is 3.05 bits per heavy atom. The molecule has 2 aliphatic rings. The first-order chi connectivity index (χ1) is 10.3. The quantitative estimate of drug-likeness (QED) is 0.842. The Morgan fingerprint density at radius 1 is 1.33 bits per heavy atom. The zero-order valence-electron chi connectivity index (χ0n) is 13.4. The first kappa shape index (κ1) is 14.8. The van der Waals surface area contributed by atoms with Crippen molar-refractivity contribution in [2.45, 2.75) is 45.7 Å². The molecule has 116 valence electrons. The number of anilines is 1. The molecule has 0 aliphatic carbocycles. The van der Waals surface area contributed by atoms with Crippen LogP contribution in [0.2, 0.25) is 0 Å². The highest BCUT2D eigenvalue weighted by Gasteiger charge is 2.31. The average molecular weight is 288 g/mol. The Balaban J connectivity index is 1.65. The molecule has 1 N–H and O–H groups in total. The lowest BCUT2D eigenvalue weighted by atomic mass is 10.1. The molecule has 1 aromatic heterocycles. The third-order valence-electron chi connectivity index (χ3n) is 4.75. The number of hydrogen-bond donors (Lipinski definition) is 1. The predicted molar refractivity (Wildman–Crippen MR) is 87.8 cm³/mol. The third kappa shape index (κ3) is 3.38. The number of rotatable bonds is 5. The zero-order chi connectivity index (χ0) is 14.7. The van der Waals surface area contributed by atoms with E-state index in [0.717, 1.165) is 32.2 Å². The van der Waals surface area contributed by atoms with Crippen LogP contribution in [0.5, 0.6) is 0 Å². The maximum atomic E-state index is 4.76. The Hall–Kier alpha value is -1.13. The topological polar surface area (TPSA) is 31.4 Å². The predicted octanol–water partition coefficient (Wildman–Crippen LogP) is 2.17.